The van der Waals surface area contributed by atoms with Crippen molar-refractivity contribution in [3.63, 3.8) is 0 Å². The highest BCUT2D eigenvalue weighted by molar-refractivity contribution is 5.12. The van der Waals surface area contributed by atoms with Gasteiger partial charge in [-0.15, -0.1) is 0 Å². The maximum absolute atomic E-state index is 2.55. The summed E-state index contributed by atoms with van der Waals surface area (Å²) in [6.45, 7) is 12.3. The SMILES string of the molecule is CC1=CCN2CCC1C2.CC1=CCN2CCC1CC2. The van der Waals surface area contributed by atoms with Gasteiger partial charge < -0.3 is 0 Å². The average molecular weight is 260 g/mol. The summed E-state index contributed by atoms with van der Waals surface area (Å²) in [6.07, 6.45) is 9.00. The number of allylic oxidation sites excluding steroid dienone is 1. The zero-order valence-electron chi connectivity index (χ0n) is 12.6. The fourth-order valence-corrected chi connectivity index (χ4v) is 3.82. The van der Waals surface area contributed by atoms with E-state index in [1.54, 1.807) is 11.1 Å². The second-order valence-electron chi connectivity index (χ2n) is 6.72. The highest BCUT2D eigenvalue weighted by Gasteiger charge is 2.25. The van der Waals surface area contributed by atoms with Crippen LogP contribution in [0.4, 0.5) is 0 Å². The summed E-state index contributed by atoms with van der Waals surface area (Å²) in [5.74, 6) is 1.84. The standard InChI is InChI=1S/C9H15N.C8H13N/c1-8-2-5-10-6-3-9(8)4-7-10;1-7-2-4-9-5-3-8(7)6-9/h2,9H,3-7H2,1H3;2,8H,3-6H2,1H3. The molecule has 2 fully saturated rings. The van der Waals surface area contributed by atoms with Gasteiger partial charge in [-0.25, -0.2) is 0 Å². The first-order chi connectivity index (χ1) is 9.22. The Morgan fingerprint density at radius 1 is 0.789 bits per heavy atom. The van der Waals surface area contributed by atoms with Crippen molar-refractivity contribution >= 4 is 0 Å². The summed E-state index contributed by atoms with van der Waals surface area (Å²) in [5, 5.41) is 0. The predicted molar refractivity (Wildman–Crippen MR) is 81.2 cm³/mol. The number of fused-ring (bicyclic) bond motifs is 5. The molecule has 2 saturated heterocycles. The molecular weight excluding hydrogens is 232 g/mol. The first kappa shape index (κ1) is 13.4. The second kappa shape index (κ2) is 5.80. The van der Waals surface area contributed by atoms with E-state index in [1.165, 1.54) is 58.5 Å². The minimum Gasteiger partial charge on any atom is -0.300 e. The molecule has 4 bridgehead atoms. The summed E-state index contributed by atoms with van der Waals surface area (Å²) in [6, 6.07) is 0. The summed E-state index contributed by atoms with van der Waals surface area (Å²) in [5.41, 5.74) is 3.27. The van der Waals surface area contributed by atoms with Crippen molar-refractivity contribution in [2.75, 3.05) is 39.3 Å². The van der Waals surface area contributed by atoms with E-state index in [2.05, 4.69) is 35.8 Å². The molecule has 19 heavy (non-hydrogen) atoms. The molecule has 5 rings (SSSR count). The Hall–Kier alpha value is -0.600. The molecule has 2 unspecified atom stereocenters. The first-order valence-corrected chi connectivity index (χ1v) is 8.00. The van der Waals surface area contributed by atoms with Crippen molar-refractivity contribution < 1.29 is 0 Å². The van der Waals surface area contributed by atoms with Gasteiger partial charge in [-0.3, -0.25) is 9.80 Å². The van der Waals surface area contributed by atoms with Gasteiger partial charge in [-0.2, -0.15) is 0 Å². The molecule has 0 saturated carbocycles. The van der Waals surface area contributed by atoms with Crippen LogP contribution in [0.25, 0.3) is 0 Å². The molecule has 0 N–H and O–H groups in total. The van der Waals surface area contributed by atoms with E-state index in [-0.39, 0.29) is 0 Å². The maximum Gasteiger partial charge on any atom is 0.0166 e. The van der Waals surface area contributed by atoms with Gasteiger partial charge in [-0.05, 0) is 64.6 Å². The topological polar surface area (TPSA) is 6.48 Å². The minimum absolute atomic E-state index is 0.916. The summed E-state index contributed by atoms with van der Waals surface area (Å²) < 4.78 is 0. The summed E-state index contributed by atoms with van der Waals surface area (Å²) >= 11 is 0. The number of hydrogen-bond acceptors (Lipinski definition) is 2. The van der Waals surface area contributed by atoms with E-state index in [0.717, 1.165) is 11.8 Å². The molecule has 0 aliphatic carbocycles. The lowest BCUT2D eigenvalue weighted by Crippen LogP contribution is -2.31. The van der Waals surface area contributed by atoms with Gasteiger partial charge in [0.15, 0.2) is 0 Å². The van der Waals surface area contributed by atoms with E-state index < -0.39 is 0 Å². The molecule has 2 heteroatoms. The molecule has 0 radical (unpaired) electrons. The van der Waals surface area contributed by atoms with Gasteiger partial charge in [0.05, 0.1) is 0 Å². The molecule has 106 valence electrons. The monoisotopic (exact) mass is 260 g/mol. The van der Waals surface area contributed by atoms with E-state index in [9.17, 15) is 0 Å². The zero-order chi connectivity index (χ0) is 13.2. The molecule has 0 spiro atoms. The summed E-state index contributed by atoms with van der Waals surface area (Å²) in [7, 11) is 0. The van der Waals surface area contributed by atoms with Crippen LogP contribution < -0.4 is 0 Å². The molecular formula is C17H28N2. The highest BCUT2D eigenvalue weighted by atomic mass is 15.1. The van der Waals surface area contributed by atoms with Crippen LogP contribution in [0, 0.1) is 11.8 Å². The lowest BCUT2D eigenvalue weighted by Gasteiger charge is -2.27. The molecule has 5 aliphatic heterocycles. The van der Waals surface area contributed by atoms with Gasteiger partial charge in [0, 0.05) is 19.6 Å². The Kier molecular flexibility index (Phi) is 4.09. The molecule has 2 atom stereocenters. The Morgan fingerprint density at radius 3 is 2.00 bits per heavy atom. The van der Waals surface area contributed by atoms with Crippen LogP contribution in [-0.4, -0.2) is 49.1 Å². The van der Waals surface area contributed by atoms with Crippen LogP contribution in [0.3, 0.4) is 0 Å². The van der Waals surface area contributed by atoms with Crippen molar-refractivity contribution in [2.24, 2.45) is 11.8 Å². The average Bonchev–Trinajstić information content (AvgIpc) is 2.67. The summed E-state index contributed by atoms with van der Waals surface area (Å²) in [4.78, 5) is 5.07. The highest BCUT2D eigenvalue weighted by Crippen LogP contribution is 2.27. The molecule has 2 nitrogen and oxygen atoms in total. The fourth-order valence-electron chi connectivity index (χ4n) is 3.82. The Bertz CT molecular complexity index is 375. The smallest absolute Gasteiger partial charge is 0.0166 e. The van der Waals surface area contributed by atoms with E-state index in [1.807, 2.05) is 0 Å². The van der Waals surface area contributed by atoms with Crippen molar-refractivity contribution in [1.82, 2.24) is 9.80 Å². The Morgan fingerprint density at radius 2 is 1.32 bits per heavy atom. The molecule has 0 aromatic rings. The van der Waals surface area contributed by atoms with Crippen molar-refractivity contribution in [3.05, 3.63) is 23.3 Å². The van der Waals surface area contributed by atoms with Crippen LogP contribution in [0.5, 0.6) is 0 Å². The van der Waals surface area contributed by atoms with Crippen molar-refractivity contribution in [2.45, 2.75) is 33.1 Å². The van der Waals surface area contributed by atoms with E-state index >= 15 is 0 Å². The number of hydrogen-bond donors (Lipinski definition) is 0. The van der Waals surface area contributed by atoms with Crippen LogP contribution in [0.15, 0.2) is 23.3 Å². The Balaban J connectivity index is 0.000000117. The van der Waals surface area contributed by atoms with E-state index in [4.69, 9.17) is 0 Å². The van der Waals surface area contributed by atoms with Crippen LogP contribution in [-0.2, 0) is 0 Å². The third-order valence-electron chi connectivity index (χ3n) is 5.49. The molecule has 5 heterocycles. The van der Waals surface area contributed by atoms with Gasteiger partial charge in [0.2, 0.25) is 0 Å². The third kappa shape index (κ3) is 3.11. The van der Waals surface area contributed by atoms with Crippen LogP contribution in [0.2, 0.25) is 0 Å². The second-order valence-corrected chi connectivity index (χ2v) is 6.72. The third-order valence-corrected chi connectivity index (χ3v) is 5.49. The van der Waals surface area contributed by atoms with Gasteiger partial charge in [-0.1, -0.05) is 23.3 Å². The lowest BCUT2D eigenvalue weighted by atomic mass is 9.92. The lowest BCUT2D eigenvalue weighted by molar-refractivity contribution is 0.231. The molecule has 0 amide bonds. The van der Waals surface area contributed by atoms with Crippen LogP contribution >= 0.6 is 0 Å². The normalized spacial score (nSPS) is 39.9. The zero-order valence-corrected chi connectivity index (χ0v) is 12.6. The van der Waals surface area contributed by atoms with E-state index in [0.29, 0.717) is 0 Å². The molecule has 5 aliphatic rings. The largest absolute Gasteiger partial charge is 0.300 e. The Labute approximate surface area is 118 Å². The van der Waals surface area contributed by atoms with Gasteiger partial charge in [0.1, 0.15) is 0 Å². The van der Waals surface area contributed by atoms with Crippen molar-refractivity contribution in [1.29, 1.82) is 0 Å². The maximum atomic E-state index is 2.55. The van der Waals surface area contributed by atoms with Gasteiger partial charge >= 0.3 is 0 Å². The quantitative estimate of drug-likeness (QED) is 0.618. The fraction of sp³-hybridized carbons (Fsp3) is 0.765. The van der Waals surface area contributed by atoms with Gasteiger partial charge in [0.25, 0.3) is 0 Å². The van der Waals surface area contributed by atoms with Crippen molar-refractivity contribution in [3.8, 4) is 0 Å². The van der Waals surface area contributed by atoms with Crippen LogP contribution in [0.1, 0.15) is 33.1 Å². The minimum atomic E-state index is 0.916. The number of rotatable bonds is 0. The molecule has 0 aromatic carbocycles. The first-order valence-electron chi connectivity index (χ1n) is 8.00. The number of piperidine rings is 1. The molecule has 0 aromatic heterocycles. The number of nitrogens with zero attached hydrogens (tertiary/aromatic N) is 2. The predicted octanol–water partition coefficient (Wildman–Crippen LogP) is 2.93.